The Hall–Kier alpha value is -4.45. The number of pyridine rings is 1. The lowest BCUT2D eigenvalue weighted by molar-refractivity contribution is -0.164. The van der Waals surface area contributed by atoms with E-state index in [0.717, 1.165) is 32.0 Å². The molecule has 3 atom stereocenters. The van der Waals surface area contributed by atoms with E-state index in [4.69, 9.17) is 22.1 Å². The maximum absolute atomic E-state index is 13.4. The minimum atomic E-state index is -0.896. The highest BCUT2D eigenvalue weighted by molar-refractivity contribution is 6.31. The van der Waals surface area contributed by atoms with Crippen molar-refractivity contribution in [2.75, 3.05) is 44.2 Å². The third-order valence-electron chi connectivity index (χ3n) is 11.3. The number of primary amides is 1. The van der Waals surface area contributed by atoms with E-state index in [1.165, 1.54) is 4.90 Å². The topological polar surface area (TPSA) is 194 Å². The minimum absolute atomic E-state index is 0.00434. The average Bonchev–Trinajstić information content (AvgIpc) is 3.53. The van der Waals surface area contributed by atoms with Crippen molar-refractivity contribution in [1.82, 2.24) is 25.4 Å². The lowest BCUT2D eigenvalue weighted by Gasteiger charge is -2.63. The van der Waals surface area contributed by atoms with Crippen molar-refractivity contribution in [3.05, 3.63) is 52.7 Å². The van der Waals surface area contributed by atoms with E-state index >= 15 is 0 Å². The van der Waals surface area contributed by atoms with Crippen LogP contribution in [0.5, 0.6) is 5.75 Å². The molecule has 3 aliphatic rings. The quantitative estimate of drug-likeness (QED) is 0.249. The number of halogens is 1. The molecule has 4 amide bonds. The van der Waals surface area contributed by atoms with E-state index in [2.05, 4.69) is 59.2 Å². The van der Waals surface area contributed by atoms with Crippen LogP contribution in [-0.2, 0) is 14.4 Å². The number of nitrogens with one attached hydrogen (secondary N) is 2. The zero-order chi connectivity index (χ0) is 40.5. The van der Waals surface area contributed by atoms with Crippen LogP contribution in [0.15, 0.2) is 36.5 Å². The van der Waals surface area contributed by atoms with Crippen molar-refractivity contribution in [2.24, 2.45) is 22.0 Å². The number of ether oxygens (including phenoxy) is 1. The number of aliphatic hydroxyl groups excluding tert-OH is 1. The van der Waals surface area contributed by atoms with Crippen LogP contribution in [0.4, 0.5) is 5.82 Å². The van der Waals surface area contributed by atoms with Gasteiger partial charge in [-0.2, -0.15) is 5.26 Å². The summed E-state index contributed by atoms with van der Waals surface area (Å²) in [7, 11) is 0. The van der Waals surface area contributed by atoms with Gasteiger partial charge in [-0.25, -0.2) is 4.98 Å². The Labute approximate surface area is 328 Å². The number of nitriles is 1. The zero-order valence-corrected chi connectivity index (χ0v) is 33.7. The Kier molecular flexibility index (Phi) is 12.4. The Bertz CT molecular complexity index is 1780. The Balaban J connectivity index is 1.06. The van der Waals surface area contributed by atoms with Gasteiger partial charge in [0.25, 0.3) is 5.91 Å². The minimum Gasteiger partial charge on any atom is -0.489 e. The third-order valence-corrected chi connectivity index (χ3v) is 11.6. The fourth-order valence-electron chi connectivity index (χ4n) is 8.56. The second-order valence-electron chi connectivity index (χ2n) is 17.3. The fraction of sp³-hybridized carbons (Fsp3) is 0.600. The first-order chi connectivity index (χ1) is 25.7. The van der Waals surface area contributed by atoms with Crippen molar-refractivity contribution in [2.45, 2.75) is 98.1 Å². The predicted octanol–water partition coefficient (Wildman–Crippen LogP) is 3.10. The van der Waals surface area contributed by atoms with Crippen LogP contribution < -0.4 is 26.0 Å². The van der Waals surface area contributed by atoms with Gasteiger partial charge in [0.15, 0.2) is 0 Å². The molecule has 2 saturated heterocycles. The van der Waals surface area contributed by atoms with Crippen molar-refractivity contribution < 1.29 is 29.0 Å². The first-order valence-corrected chi connectivity index (χ1v) is 19.3. The van der Waals surface area contributed by atoms with Gasteiger partial charge in [-0.3, -0.25) is 24.1 Å². The Morgan fingerprint density at radius 3 is 2.33 bits per heavy atom. The summed E-state index contributed by atoms with van der Waals surface area (Å²) in [6.07, 6.45) is 1.50. The normalized spacial score (nSPS) is 23.9. The number of benzene rings is 1. The third kappa shape index (κ3) is 9.17. The van der Waals surface area contributed by atoms with Gasteiger partial charge < -0.3 is 36.0 Å². The first-order valence-electron chi connectivity index (χ1n) is 18.9. The van der Waals surface area contributed by atoms with Gasteiger partial charge in [-0.05, 0) is 42.6 Å². The summed E-state index contributed by atoms with van der Waals surface area (Å²) in [5.74, 6) is -0.184. The molecule has 1 aromatic carbocycles. The van der Waals surface area contributed by atoms with Gasteiger partial charge >= 0.3 is 0 Å². The number of hydrogen-bond acceptors (Lipinski definition) is 10. The molecule has 14 nitrogen and oxygen atoms in total. The van der Waals surface area contributed by atoms with Crippen molar-refractivity contribution >= 4 is 41.0 Å². The number of nitrogens with two attached hydrogens (primary N) is 1. The van der Waals surface area contributed by atoms with E-state index < -0.39 is 35.4 Å². The van der Waals surface area contributed by atoms with E-state index in [9.17, 15) is 29.5 Å². The van der Waals surface area contributed by atoms with Crippen molar-refractivity contribution in [3.8, 4) is 11.8 Å². The molecular formula is C40H55ClN8O6. The summed E-state index contributed by atoms with van der Waals surface area (Å²) < 4.78 is 6.35. The highest BCUT2D eigenvalue weighted by Crippen LogP contribution is 2.55. The molecule has 15 heteroatoms. The molecule has 1 saturated carbocycles. The maximum atomic E-state index is 13.4. The van der Waals surface area contributed by atoms with Gasteiger partial charge in [0.1, 0.15) is 35.8 Å². The monoisotopic (exact) mass is 778 g/mol. The van der Waals surface area contributed by atoms with Crippen LogP contribution in [0, 0.1) is 27.6 Å². The highest BCUT2D eigenvalue weighted by Gasteiger charge is 2.64. The van der Waals surface area contributed by atoms with Crippen LogP contribution >= 0.6 is 11.6 Å². The number of piperazine rings is 1. The smallest absolute Gasteiger partial charge is 0.253 e. The molecule has 298 valence electrons. The molecule has 3 fully saturated rings. The fourth-order valence-corrected chi connectivity index (χ4v) is 8.77. The summed E-state index contributed by atoms with van der Waals surface area (Å²) >= 11 is 6.23. The lowest BCUT2D eigenvalue weighted by atomic mass is 9.49. The van der Waals surface area contributed by atoms with Gasteiger partial charge in [-0.1, -0.05) is 60.1 Å². The van der Waals surface area contributed by atoms with E-state index in [-0.39, 0.29) is 54.2 Å². The molecule has 2 aromatic rings. The molecule has 55 heavy (non-hydrogen) atoms. The number of rotatable bonds is 12. The largest absolute Gasteiger partial charge is 0.489 e. The summed E-state index contributed by atoms with van der Waals surface area (Å²) in [6, 6.07) is 8.81. The zero-order valence-electron chi connectivity index (χ0n) is 32.9. The van der Waals surface area contributed by atoms with E-state index in [1.54, 1.807) is 30.5 Å². The number of aromatic nitrogens is 1. The number of hydrogen-bond donors (Lipinski definition) is 4. The molecule has 0 radical (unpaired) electrons. The molecule has 2 aliphatic heterocycles. The summed E-state index contributed by atoms with van der Waals surface area (Å²) in [6.45, 7) is 17.5. The Morgan fingerprint density at radius 1 is 1.09 bits per heavy atom. The SMILES string of the molecule is CC(C)(C)[C@H](NC(=O)CCCN1CCN(c2ccc(C(=O)N[C@H]3C(C)(C)[C@H](Oc4ccc(C#N)c(Cl)c4)C3(C)C)cn2)CC1)C(=O)N1C[C@H](O)C[C@H]1C(N)=O. The number of likely N-dealkylation sites (tertiary alicyclic amines) is 1. The highest BCUT2D eigenvalue weighted by atomic mass is 35.5. The first kappa shape index (κ1) is 41.7. The summed E-state index contributed by atoms with van der Waals surface area (Å²) in [4.78, 5) is 62.1. The maximum Gasteiger partial charge on any atom is 0.253 e. The van der Waals surface area contributed by atoms with Crippen LogP contribution in [-0.4, -0.2) is 113 Å². The van der Waals surface area contributed by atoms with E-state index in [1.807, 2.05) is 26.8 Å². The molecular weight excluding hydrogens is 724 g/mol. The average molecular weight is 779 g/mol. The lowest BCUT2D eigenvalue weighted by Crippen LogP contribution is -2.74. The molecule has 5 N–H and O–H groups in total. The molecule has 5 rings (SSSR count). The van der Waals surface area contributed by atoms with E-state index in [0.29, 0.717) is 34.9 Å². The standard InChI is InChI=1S/C40H55ClN8O6/c1-38(2,3)32(35(54)49-23-26(50)19-29(49)33(43)52)45-31(51)9-8-14-47-15-17-48(18-16-47)30-13-11-25(22-44-30)34(53)46-36-39(4,5)37(40(36,6)7)55-27-12-10-24(21-42)28(41)20-27/h10-13,20,22,26,29,32,36-37,50H,8-9,14-19,23H2,1-7H3,(H2,43,52)(H,45,51)(H,46,53)/t26-,29+,32-,36-,37-/m1/s1. The molecule has 0 bridgehead atoms. The van der Waals surface area contributed by atoms with Gasteiger partial charge in [-0.15, -0.1) is 0 Å². The van der Waals surface area contributed by atoms with Gasteiger partial charge in [0.2, 0.25) is 17.7 Å². The molecule has 3 heterocycles. The summed E-state index contributed by atoms with van der Waals surface area (Å²) in [5.41, 5.74) is 4.94. The second kappa shape index (κ2) is 16.3. The molecule has 0 unspecified atom stereocenters. The number of amides is 4. The Morgan fingerprint density at radius 2 is 1.76 bits per heavy atom. The van der Waals surface area contributed by atoms with Gasteiger partial charge in [0, 0.05) is 74.7 Å². The number of carbonyl (C=O) groups is 4. The number of β-amino-alcohol motifs (C(OH)–C–C–N with tert-alkyl or cyclic N) is 1. The van der Waals surface area contributed by atoms with Crippen LogP contribution in [0.3, 0.4) is 0 Å². The van der Waals surface area contributed by atoms with Crippen molar-refractivity contribution in [1.29, 1.82) is 5.26 Å². The number of anilines is 1. The number of aliphatic hydroxyl groups is 1. The predicted molar refractivity (Wildman–Crippen MR) is 208 cm³/mol. The van der Waals surface area contributed by atoms with Crippen molar-refractivity contribution in [3.63, 3.8) is 0 Å². The van der Waals surface area contributed by atoms with Gasteiger partial charge in [0.05, 0.1) is 22.3 Å². The molecule has 0 spiro atoms. The van der Waals surface area contributed by atoms with Crippen LogP contribution in [0.25, 0.3) is 0 Å². The number of carbonyl (C=O) groups excluding carboxylic acids is 4. The summed E-state index contributed by atoms with van der Waals surface area (Å²) in [5, 5.41) is 25.7. The molecule has 1 aliphatic carbocycles. The second-order valence-corrected chi connectivity index (χ2v) is 17.7. The van der Waals surface area contributed by atoms with Crippen LogP contribution in [0.2, 0.25) is 5.02 Å². The molecule has 1 aromatic heterocycles. The number of nitrogens with zero attached hydrogens (tertiary/aromatic N) is 5. The van der Waals surface area contributed by atoms with Crippen LogP contribution in [0.1, 0.15) is 83.7 Å².